The van der Waals surface area contributed by atoms with E-state index in [0.717, 1.165) is 18.4 Å². The Kier molecular flexibility index (Phi) is 12.0. The van der Waals surface area contributed by atoms with Crippen LogP contribution in [0.2, 0.25) is 0 Å². The Balaban J connectivity index is 0.00000441. The molecule has 0 bridgehead atoms. The molecule has 3 N–H and O–H groups in total. The number of ether oxygens (including phenoxy) is 2. The van der Waals surface area contributed by atoms with Crippen molar-refractivity contribution in [3.8, 4) is 11.6 Å². The first kappa shape index (κ1) is 30.7. The van der Waals surface area contributed by atoms with Crippen LogP contribution >= 0.6 is 0 Å². The molecule has 1 fully saturated rings. The van der Waals surface area contributed by atoms with Crippen molar-refractivity contribution >= 4 is 23.8 Å². The maximum absolute atomic E-state index is 13.3. The van der Waals surface area contributed by atoms with Crippen molar-refractivity contribution in [3.63, 3.8) is 0 Å². The number of aliphatic imine (C=N–C) groups is 1. The Morgan fingerprint density at radius 1 is 1.23 bits per heavy atom. The van der Waals surface area contributed by atoms with Gasteiger partial charge in [-0.1, -0.05) is 17.7 Å². The minimum absolute atomic E-state index is 0. The Morgan fingerprint density at radius 2 is 2.05 bits per heavy atom. The number of guanidine groups is 1. The molecule has 1 aromatic heterocycles. The number of pyridine rings is 1. The van der Waals surface area contributed by atoms with Gasteiger partial charge in [-0.25, -0.2) is 0 Å². The van der Waals surface area contributed by atoms with Crippen LogP contribution in [0.15, 0.2) is 83.3 Å². The van der Waals surface area contributed by atoms with Crippen LogP contribution in [0.1, 0.15) is 25.7 Å². The first-order chi connectivity index (χ1) is 19.0. The topological polar surface area (TPSA) is 131 Å². The van der Waals surface area contributed by atoms with Crippen molar-refractivity contribution in [2.45, 2.75) is 31.7 Å². The third-order valence-electron chi connectivity index (χ3n) is 5.93. The fourth-order valence-corrected chi connectivity index (χ4v) is 3.94. The van der Waals surface area contributed by atoms with E-state index in [1.807, 2.05) is 12.2 Å². The van der Waals surface area contributed by atoms with Crippen molar-refractivity contribution in [1.29, 1.82) is 0 Å². The number of amides is 1. The predicted molar refractivity (Wildman–Crippen MR) is 147 cm³/mol. The summed E-state index contributed by atoms with van der Waals surface area (Å²) in [4.78, 5) is 21.8. The molecule has 0 radical (unpaired) electrons. The second-order valence-electron chi connectivity index (χ2n) is 8.94. The number of nitrogens with zero attached hydrogens (tertiary/aromatic N) is 4. The number of aliphatic hydroxyl groups excluding tert-OH is 1. The Bertz CT molecular complexity index is 1270. The van der Waals surface area contributed by atoms with E-state index in [4.69, 9.17) is 9.47 Å². The number of carbonyl (C=O) groups excluding carboxylic acids is 1. The molecular weight excluding hydrogens is 687 g/mol. The maximum atomic E-state index is 13.3. The summed E-state index contributed by atoms with van der Waals surface area (Å²) in [5.74, 6) is -1.61. The van der Waals surface area contributed by atoms with E-state index < -0.39 is 17.6 Å². The van der Waals surface area contributed by atoms with Crippen molar-refractivity contribution in [2.75, 3.05) is 25.1 Å². The van der Waals surface area contributed by atoms with E-state index in [0.29, 0.717) is 37.5 Å². The van der Waals surface area contributed by atoms with E-state index in [1.54, 1.807) is 36.7 Å². The van der Waals surface area contributed by atoms with Gasteiger partial charge in [-0.3, -0.25) is 9.79 Å². The van der Waals surface area contributed by atoms with Crippen molar-refractivity contribution in [1.82, 2.24) is 15.2 Å². The number of aromatic nitrogens is 1. The number of rotatable bonds is 8. The van der Waals surface area contributed by atoms with E-state index in [2.05, 4.69) is 20.6 Å². The van der Waals surface area contributed by atoms with Gasteiger partial charge < -0.3 is 35.5 Å². The molecule has 1 atom stereocenters. The smallest absolute Gasteiger partial charge is 0.286 e. The van der Waals surface area contributed by atoms with Crippen LogP contribution < -0.4 is 15.4 Å². The number of anilines is 1. The van der Waals surface area contributed by atoms with Crippen LogP contribution in [0, 0.1) is 5.95 Å². The molecule has 40 heavy (non-hydrogen) atoms. The molecular formula is C28H30FN6O4W-. The van der Waals surface area contributed by atoms with Gasteiger partial charge >= 0.3 is 0 Å². The fraction of sp³-hybridized carbons (Fsp3) is 0.286. The second-order valence-corrected chi connectivity index (χ2v) is 8.94. The summed E-state index contributed by atoms with van der Waals surface area (Å²) in [6.07, 6.45) is 11.0. The van der Waals surface area contributed by atoms with Gasteiger partial charge in [-0.2, -0.15) is 9.37 Å². The SMILES string of the molecule is [N-]=C(Nc1ccc(Oc2cccc(F)n2)cc1)N(/C=C(\O)C(=O)NC1CCCOCC1)CC1=CC=NC=CC1.[W]. The molecule has 210 valence electrons. The van der Waals surface area contributed by atoms with Crippen LogP contribution in [0.3, 0.4) is 0 Å². The van der Waals surface area contributed by atoms with Crippen molar-refractivity contribution in [2.24, 2.45) is 4.99 Å². The minimum atomic E-state index is -0.649. The summed E-state index contributed by atoms with van der Waals surface area (Å²) in [7, 11) is 0. The van der Waals surface area contributed by atoms with E-state index >= 15 is 0 Å². The normalized spacial score (nSPS) is 17.0. The summed E-state index contributed by atoms with van der Waals surface area (Å²) in [6, 6.07) is 10.7. The van der Waals surface area contributed by atoms with Crippen LogP contribution in [-0.4, -0.2) is 58.9 Å². The van der Waals surface area contributed by atoms with E-state index in [-0.39, 0.29) is 45.5 Å². The van der Waals surface area contributed by atoms with Crippen molar-refractivity contribution < 1.29 is 44.8 Å². The Labute approximate surface area is 246 Å². The Morgan fingerprint density at radius 3 is 2.85 bits per heavy atom. The number of halogens is 1. The molecule has 0 aliphatic carbocycles. The largest absolute Gasteiger partial charge is 0.503 e. The van der Waals surface area contributed by atoms with Gasteiger partial charge in [0.2, 0.25) is 11.8 Å². The molecule has 2 aromatic rings. The summed E-state index contributed by atoms with van der Waals surface area (Å²) in [5.41, 5.74) is 1.39. The number of benzene rings is 1. The molecule has 1 saturated heterocycles. The molecule has 10 nitrogen and oxygen atoms in total. The van der Waals surface area contributed by atoms with Crippen molar-refractivity contribution in [3.05, 3.63) is 89.7 Å². The molecule has 0 spiro atoms. The van der Waals surface area contributed by atoms with E-state index in [1.165, 1.54) is 29.3 Å². The number of hydrogen-bond acceptors (Lipinski definition) is 6. The van der Waals surface area contributed by atoms with Crippen LogP contribution in [0.4, 0.5) is 10.1 Å². The third-order valence-corrected chi connectivity index (χ3v) is 5.93. The van der Waals surface area contributed by atoms with Gasteiger partial charge in [0.25, 0.3) is 5.91 Å². The van der Waals surface area contributed by atoms with Crippen LogP contribution in [0.25, 0.3) is 5.41 Å². The zero-order chi connectivity index (χ0) is 27.5. The van der Waals surface area contributed by atoms with Crippen LogP contribution in [0.5, 0.6) is 11.6 Å². The summed E-state index contributed by atoms with van der Waals surface area (Å²) in [5, 5.41) is 27.3. The van der Waals surface area contributed by atoms with Gasteiger partial charge in [0.05, 0.1) is 0 Å². The maximum Gasteiger partial charge on any atom is 0.286 e. The molecule has 1 unspecified atom stereocenters. The summed E-state index contributed by atoms with van der Waals surface area (Å²) < 4.78 is 24.3. The predicted octanol–water partition coefficient (Wildman–Crippen LogP) is 4.65. The molecule has 4 rings (SSSR count). The third kappa shape index (κ3) is 9.73. The molecule has 2 aliphatic heterocycles. The second kappa shape index (κ2) is 15.7. The van der Waals surface area contributed by atoms with Gasteiger partial charge in [0.1, 0.15) is 5.75 Å². The molecule has 1 aromatic carbocycles. The quantitative estimate of drug-likeness (QED) is 0.119. The van der Waals surface area contributed by atoms with Gasteiger partial charge in [-0.05, 0) is 74.0 Å². The van der Waals surface area contributed by atoms with Crippen LogP contribution in [-0.2, 0) is 30.6 Å². The molecule has 2 aliphatic rings. The van der Waals surface area contributed by atoms with Gasteiger partial charge in [-0.15, -0.1) is 0 Å². The average molecular weight is 717 g/mol. The summed E-state index contributed by atoms with van der Waals surface area (Å²) in [6.45, 7) is 1.38. The Hall–Kier alpha value is -3.82. The van der Waals surface area contributed by atoms with Gasteiger partial charge in [0.15, 0.2) is 5.76 Å². The number of nitrogens with one attached hydrogen (secondary N) is 2. The molecule has 1 amide bonds. The minimum Gasteiger partial charge on any atom is -0.503 e. The first-order valence-corrected chi connectivity index (χ1v) is 12.6. The number of allylic oxidation sites excluding steroid dienone is 2. The zero-order valence-corrected chi connectivity index (χ0v) is 24.6. The molecule has 0 saturated carbocycles. The zero-order valence-electron chi connectivity index (χ0n) is 21.7. The fourth-order valence-electron chi connectivity index (χ4n) is 3.94. The monoisotopic (exact) mass is 717 g/mol. The summed E-state index contributed by atoms with van der Waals surface area (Å²) >= 11 is 0. The molecule has 12 heteroatoms. The number of aliphatic hydroxyl groups is 1. The standard InChI is InChI=1S/C28H30FN6O4.W/c29-25-6-1-7-26(34-25)39-23-10-8-22(9-11-23)33-28(30)35(18-20-4-2-14-31-15-12-20)19-24(36)27(37)32-21-5-3-16-38-17-13-21;/h1-2,6-12,14-15,19,21H,3-5,13,16-18H2,(H3-,30,32,33,36,37);/q-1;/b24-19-;. The molecule has 3 heterocycles. The first-order valence-electron chi connectivity index (χ1n) is 12.6. The average Bonchev–Trinajstić information content (AvgIpc) is 3.34. The van der Waals surface area contributed by atoms with E-state index in [9.17, 15) is 19.7 Å². The number of hydrogen-bond donors (Lipinski definition) is 3. The van der Waals surface area contributed by atoms with Gasteiger partial charge in [0, 0.05) is 71.3 Å². The number of carbonyl (C=O) groups is 1.